The Bertz CT molecular complexity index is 6840. The van der Waals surface area contributed by atoms with Crippen LogP contribution in [0.2, 0.25) is 0 Å². The molecule has 0 saturated heterocycles. The fourth-order valence-electron chi connectivity index (χ4n) is 15.2. The van der Waals surface area contributed by atoms with Crippen molar-refractivity contribution in [1.82, 2.24) is 4.57 Å². The molecule has 2 aliphatic rings. The van der Waals surface area contributed by atoms with E-state index in [-0.39, 0.29) is 166 Å². The van der Waals surface area contributed by atoms with Gasteiger partial charge in [0.1, 0.15) is 0 Å². The molecule has 0 atom stereocenters. The molecule has 17 rings (SSSR count). The van der Waals surface area contributed by atoms with Crippen molar-refractivity contribution in [3.63, 3.8) is 0 Å². The zero-order valence-electron chi connectivity index (χ0n) is 78.5. The van der Waals surface area contributed by atoms with Crippen LogP contribution < -0.4 is 26.2 Å². The van der Waals surface area contributed by atoms with Crippen LogP contribution in [-0.2, 0) is 6.54 Å². The van der Waals surface area contributed by atoms with E-state index in [2.05, 4.69) is 0 Å². The van der Waals surface area contributed by atoms with Crippen LogP contribution in [0.5, 0.6) is 0 Å². The van der Waals surface area contributed by atoms with Crippen LogP contribution in [0.1, 0.15) is 87.2 Å². The number of anilines is 5. The Morgan fingerprint density at radius 1 is 0.337 bits per heavy atom. The molecule has 0 unspecified atom stereocenters. The van der Waals surface area contributed by atoms with E-state index in [1.807, 2.05) is 153 Å². The minimum Gasteiger partial charge on any atom is -0.338 e. The fourth-order valence-corrected chi connectivity index (χ4v) is 15.2. The minimum atomic E-state index is -1.33. The molecule has 470 valence electrons. The van der Waals surface area contributed by atoms with E-state index >= 15 is 0 Å². The standard InChI is InChI=1S/C94H76BN3/c1-58-23-16-37-70(49-58)71-38-21-32-67(50-71)57-96-85-53-74(91-63(6)28-19-29-64(91)7)41-45-81(85)95-82-46-44-76(97-83-47-42-72(89-59(2)24-17-25-60(89)3)51-79(83)80-52-73(43-48-84(80)97)90-61(4)26-18-27-62(90)5)56-86(82)98(88-55-75(54-87(96)93(88)95)92-65(8)30-20-31-66(92)9)94-77(68-33-12-10-13-34-68)39-22-40-78(94)69-35-14-11-15-36-69/h10-56H,57H2,1-9H3/i10D,11D,12D,13D,14D,15D,21D,32D,33D,34D,35D,36D,38D,41D,42D,43D,45D,47D,48D,50D,51D,52D,53D. The number of benzene rings is 14. The molecule has 0 radical (unpaired) electrons. The average molecular weight is 1280 g/mol. The molecule has 0 aliphatic carbocycles. The van der Waals surface area contributed by atoms with Crippen molar-refractivity contribution >= 4 is 73.3 Å². The van der Waals surface area contributed by atoms with Crippen molar-refractivity contribution in [2.75, 3.05) is 9.80 Å². The molecular formula is C94H76BN3. The highest BCUT2D eigenvalue weighted by atomic mass is 15.2. The summed E-state index contributed by atoms with van der Waals surface area (Å²) in [5, 5.41) is -0.00773. The van der Waals surface area contributed by atoms with Gasteiger partial charge in [-0.25, -0.2) is 0 Å². The predicted octanol–water partition coefficient (Wildman–Crippen LogP) is 23.2. The smallest absolute Gasteiger partial charge is 0.252 e. The van der Waals surface area contributed by atoms with Crippen molar-refractivity contribution in [1.29, 1.82) is 0 Å². The molecule has 0 fully saturated rings. The van der Waals surface area contributed by atoms with Crippen LogP contribution in [0.3, 0.4) is 0 Å². The highest BCUT2D eigenvalue weighted by Gasteiger charge is 2.45. The second-order valence-corrected chi connectivity index (χ2v) is 25.8. The number of para-hydroxylation sites is 1. The topological polar surface area (TPSA) is 11.4 Å². The second kappa shape index (κ2) is 24.0. The molecule has 15 aromatic rings. The summed E-state index contributed by atoms with van der Waals surface area (Å²) in [5.41, 5.74) is 9.18. The minimum absolute atomic E-state index is 0.00387. The zero-order valence-corrected chi connectivity index (χ0v) is 55.5. The molecule has 4 heteroatoms. The average Bonchev–Trinajstić information content (AvgIpc) is 1.64. The van der Waals surface area contributed by atoms with Gasteiger partial charge in [-0.15, -0.1) is 0 Å². The quantitative estimate of drug-likeness (QED) is 0.120. The first-order valence-corrected chi connectivity index (χ1v) is 32.8. The van der Waals surface area contributed by atoms with Crippen LogP contribution in [0.15, 0.2) is 285 Å². The molecule has 0 spiro atoms. The van der Waals surface area contributed by atoms with Gasteiger partial charge in [0.2, 0.25) is 0 Å². The number of fused-ring (bicyclic) bond motifs is 7. The van der Waals surface area contributed by atoms with Crippen molar-refractivity contribution in [3.05, 3.63) is 340 Å². The lowest BCUT2D eigenvalue weighted by molar-refractivity contribution is 0.979. The largest absolute Gasteiger partial charge is 0.338 e. The van der Waals surface area contributed by atoms with Crippen LogP contribution in [-0.4, -0.2) is 11.3 Å². The van der Waals surface area contributed by atoms with Gasteiger partial charge in [0, 0.05) is 56.9 Å². The molecule has 0 saturated carbocycles. The summed E-state index contributed by atoms with van der Waals surface area (Å²) in [5.74, 6) is 0. The van der Waals surface area contributed by atoms with E-state index in [9.17, 15) is 28.8 Å². The lowest BCUT2D eigenvalue weighted by Gasteiger charge is -2.45. The van der Waals surface area contributed by atoms with Gasteiger partial charge in [-0.3, -0.25) is 0 Å². The molecule has 2 aliphatic heterocycles. The Labute approximate surface area is 609 Å². The first kappa shape index (κ1) is 40.2. The Balaban J connectivity index is 1.12. The van der Waals surface area contributed by atoms with Crippen molar-refractivity contribution in [2.45, 2.75) is 68.9 Å². The predicted molar refractivity (Wildman–Crippen MR) is 420 cm³/mol. The SMILES string of the molecule is [2H]c1c([2H])c([2H])c(-c2cccc(-c3c([2H])c([2H])c([2H])c([2H])c3[2H])c2N2c3cc(-n4c5c([2H])c([2H])c(-c6c(C)cccc6C)c([2H])c5c5c([2H])c(-c6c(C)cccc6C)c([2H])c([2H])c54)ccc3B3c4c(cc(-c5c(C)cccc5C)cc42)N(Cc2c([2H])c([2H])c([2H])c(-c4cccc(C)c4)c2[2H])c2c([2H])c(-c4c(C)cccc4C)c([2H])c([2H])c23)c([2H])c1[2H]. The third-order valence-electron chi connectivity index (χ3n) is 19.5. The molecule has 0 bridgehead atoms. The maximum atomic E-state index is 11.1. The first-order chi connectivity index (χ1) is 57.4. The van der Waals surface area contributed by atoms with Gasteiger partial charge in [0.25, 0.3) is 6.71 Å². The summed E-state index contributed by atoms with van der Waals surface area (Å²) in [7, 11) is 0. The Morgan fingerprint density at radius 3 is 1.36 bits per heavy atom. The number of rotatable bonds is 11. The summed E-state index contributed by atoms with van der Waals surface area (Å²) in [6, 6.07) is 30.5. The molecule has 0 amide bonds. The molecule has 14 aromatic carbocycles. The number of aromatic nitrogens is 1. The van der Waals surface area contributed by atoms with Gasteiger partial charge in [-0.2, -0.15) is 0 Å². The number of hydrogen-bond acceptors (Lipinski definition) is 2. The van der Waals surface area contributed by atoms with Gasteiger partial charge >= 0.3 is 0 Å². The summed E-state index contributed by atoms with van der Waals surface area (Å²) < 4.78 is 232. The monoisotopic (exact) mass is 1280 g/mol. The first-order valence-electron chi connectivity index (χ1n) is 44.3. The maximum absolute atomic E-state index is 11.1. The van der Waals surface area contributed by atoms with E-state index in [4.69, 9.17) is 2.74 Å². The van der Waals surface area contributed by atoms with Crippen LogP contribution in [0.25, 0.3) is 105 Å². The Hall–Kier alpha value is -11.5. The van der Waals surface area contributed by atoms with Crippen LogP contribution >= 0.6 is 0 Å². The zero-order chi connectivity index (χ0) is 86.6. The van der Waals surface area contributed by atoms with Crippen LogP contribution in [0, 0.1) is 62.3 Å². The molecule has 3 nitrogen and oxygen atoms in total. The third-order valence-corrected chi connectivity index (χ3v) is 19.5. The second-order valence-electron chi connectivity index (χ2n) is 25.8. The molecule has 0 N–H and O–H groups in total. The maximum Gasteiger partial charge on any atom is 0.252 e. The van der Waals surface area contributed by atoms with E-state index in [0.717, 1.165) is 16.7 Å². The van der Waals surface area contributed by atoms with E-state index in [0.29, 0.717) is 66.8 Å². The van der Waals surface area contributed by atoms with Gasteiger partial charge < -0.3 is 14.4 Å². The van der Waals surface area contributed by atoms with E-state index in [1.165, 1.54) is 22.8 Å². The molecule has 3 heterocycles. The summed E-state index contributed by atoms with van der Waals surface area (Å²) in [6.07, 6.45) is 0. The highest BCUT2D eigenvalue weighted by Crippen LogP contribution is 2.52. The van der Waals surface area contributed by atoms with Crippen molar-refractivity contribution < 1.29 is 31.5 Å². The van der Waals surface area contributed by atoms with Gasteiger partial charge in [0.05, 0.1) is 48.2 Å². The summed E-state index contributed by atoms with van der Waals surface area (Å²) in [6.45, 7) is 14.9. The molecular weight excluding hydrogens is 1180 g/mol. The van der Waals surface area contributed by atoms with Crippen molar-refractivity contribution in [3.8, 4) is 83.6 Å². The van der Waals surface area contributed by atoms with Gasteiger partial charge in [-0.05, 0) is 256 Å². The third kappa shape index (κ3) is 10.0. The van der Waals surface area contributed by atoms with E-state index in [1.54, 1.807) is 46.2 Å². The number of hydrogen-bond donors (Lipinski definition) is 0. The Kier molecular flexibility index (Phi) is 9.85. The van der Waals surface area contributed by atoms with Crippen molar-refractivity contribution in [2.24, 2.45) is 0 Å². The number of aryl methyl sites for hydroxylation is 9. The molecule has 1 aromatic heterocycles. The highest BCUT2D eigenvalue weighted by molar-refractivity contribution is 7.00. The fraction of sp³-hybridized carbons (Fsp3) is 0.106. The normalized spacial score (nSPS) is 15.6. The summed E-state index contributed by atoms with van der Waals surface area (Å²) >= 11 is 0. The lowest BCUT2D eigenvalue weighted by Crippen LogP contribution is -2.61. The van der Waals surface area contributed by atoms with Gasteiger partial charge in [-0.1, -0.05) is 230 Å². The van der Waals surface area contributed by atoms with Gasteiger partial charge in [0.15, 0.2) is 0 Å². The number of nitrogens with zero attached hydrogens (tertiary/aromatic N) is 3. The Morgan fingerprint density at radius 2 is 0.816 bits per heavy atom. The lowest BCUT2D eigenvalue weighted by atomic mass is 9.33. The van der Waals surface area contributed by atoms with E-state index < -0.39 is 109 Å². The summed E-state index contributed by atoms with van der Waals surface area (Å²) in [4.78, 5) is 3.41. The molecule has 98 heavy (non-hydrogen) atoms. The van der Waals surface area contributed by atoms with Crippen LogP contribution in [0.4, 0.5) is 28.4 Å².